The van der Waals surface area contributed by atoms with Gasteiger partial charge < -0.3 is 29.4 Å². The molecule has 0 atom stereocenters. The summed E-state index contributed by atoms with van der Waals surface area (Å²) in [6.45, 7) is 0. The van der Waals surface area contributed by atoms with E-state index in [9.17, 15) is 0 Å². The normalized spacial score (nSPS) is 11.7. The second kappa shape index (κ2) is 19.2. The molecule has 0 amide bonds. The Kier molecular flexibility index (Phi) is 23.4. The van der Waals surface area contributed by atoms with Crippen LogP contribution in [0.25, 0.3) is 0 Å². The molecule has 178 valence electrons. The summed E-state index contributed by atoms with van der Waals surface area (Å²) in [7, 11) is -9.28. The summed E-state index contributed by atoms with van der Waals surface area (Å²) in [4.78, 5) is 43.1. The summed E-state index contributed by atoms with van der Waals surface area (Å²) >= 11 is 35.9. The quantitative estimate of drug-likeness (QED) is 0.119. The molecule has 0 saturated heterocycles. The molecule has 0 rings (SSSR count). The third kappa shape index (κ3) is 24.2. The predicted octanol–water partition coefficient (Wildman–Crippen LogP) is 4.41. The first-order chi connectivity index (χ1) is 13.2. The monoisotopic (exact) mass is 582 g/mol. The fourth-order valence-electron chi connectivity index (χ4n) is 2.48. The van der Waals surface area contributed by atoms with Crippen molar-refractivity contribution in [2.24, 2.45) is 5.41 Å². The van der Waals surface area contributed by atoms with Crippen LogP contribution in [0.3, 0.4) is 0 Å². The maximum atomic E-state index is 8.88. The van der Waals surface area contributed by atoms with Crippen molar-refractivity contribution in [2.75, 3.05) is 35.3 Å². The van der Waals surface area contributed by atoms with E-state index in [0.29, 0.717) is 35.3 Å². The SMILES string of the molecule is ClCCC(=C(CCl)CCl)C(CCCl)(CCCl)CCCl.O=P(O)(O)O.O=P(O)(O)O. The molecule has 0 saturated carbocycles. The lowest BCUT2D eigenvalue weighted by atomic mass is 9.70. The minimum absolute atomic E-state index is 0.126. The molecule has 0 aliphatic heterocycles. The van der Waals surface area contributed by atoms with Gasteiger partial charge >= 0.3 is 15.6 Å². The Hall–Kier alpha value is 1.70. The molecule has 0 aromatic carbocycles. The number of hydrogen-bond donors (Lipinski definition) is 6. The molecular weight excluding hydrogens is 559 g/mol. The van der Waals surface area contributed by atoms with Crippen LogP contribution in [0.5, 0.6) is 0 Å². The van der Waals surface area contributed by atoms with Gasteiger partial charge in [-0.1, -0.05) is 5.57 Å². The molecule has 0 radical (unpaired) electrons. The van der Waals surface area contributed by atoms with E-state index >= 15 is 0 Å². The summed E-state index contributed by atoms with van der Waals surface area (Å²) in [5.74, 6) is 3.00. The molecule has 0 spiro atoms. The highest BCUT2D eigenvalue weighted by Gasteiger charge is 2.33. The van der Waals surface area contributed by atoms with E-state index in [1.54, 1.807) is 0 Å². The van der Waals surface area contributed by atoms with Crippen LogP contribution < -0.4 is 0 Å². The van der Waals surface area contributed by atoms with E-state index in [2.05, 4.69) is 0 Å². The first-order valence-corrected chi connectivity index (χ1v) is 14.1. The molecule has 29 heavy (non-hydrogen) atoms. The lowest BCUT2D eigenvalue weighted by Gasteiger charge is -2.37. The van der Waals surface area contributed by atoms with Gasteiger partial charge in [0.1, 0.15) is 0 Å². The smallest absolute Gasteiger partial charge is 0.303 e. The van der Waals surface area contributed by atoms with E-state index in [-0.39, 0.29) is 5.41 Å². The van der Waals surface area contributed by atoms with E-state index < -0.39 is 15.6 Å². The zero-order valence-corrected chi connectivity index (χ0v) is 21.6. The van der Waals surface area contributed by atoms with Gasteiger partial charge in [0.05, 0.1) is 0 Å². The Morgan fingerprint density at radius 1 is 0.621 bits per heavy atom. The fraction of sp³-hybridized carbons (Fsp3) is 0.846. The zero-order valence-electron chi connectivity index (χ0n) is 15.2. The highest BCUT2D eigenvalue weighted by Crippen LogP contribution is 2.44. The van der Waals surface area contributed by atoms with Gasteiger partial charge in [0.2, 0.25) is 0 Å². The number of halogens is 6. The van der Waals surface area contributed by atoms with Crippen molar-refractivity contribution in [3.05, 3.63) is 11.1 Å². The fourth-order valence-corrected chi connectivity index (χ4v) is 4.36. The molecule has 0 fully saturated rings. The molecule has 0 aliphatic carbocycles. The van der Waals surface area contributed by atoms with Gasteiger partial charge in [-0.15, -0.1) is 69.6 Å². The lowest BCUT2D eigenvalue weighted by molar-refractivity contribution is 0.272. The maximum Gasteiger partial charge on any atom is 0.466 e. The number of rotatable bonds is 11. The first kappa shape index (κ1) is 35.3. The third-order valence-electron chi connectivity index (χ3n) is 3.45. The van der Waals surface area contributed by atoms with E-state index in [0.717, 1.165) is 31.3 Å². The second-order valence-electron chi connectivity index (χ2n) is 5.41. The second-order valence-corrected chi connectivity index (χ2v) is 9.51. The molecule has 0 aromatic rings. The molecule has 0 aromatic heterocycles. The van der Waals surface area contributed by atoms with Gasteiger partial charge in [0.15, 0.2) is 0 Å². The summed E-state index contributed by atoms with van der Waals surface area (Å²) in [6, 6.07) is 0. The topological polar surface area (TPSA) is 156 Å². The van der Waals surface area contributed by atoms with Crippen molar-refractivity contribution in [3.8, 4) is 0 Å². The number of hydrogen-bond acceptors (Lipinski definition) is 2. The summed E-state index contributed by atoms with van der Waals surface area (Å²) in [5.41, 5.74) is 2.11. The van der Waals surface area contributed by atoms with E-state index in [1.165, 1.54) is 5.57 Å². The van der Waals surface area contributed by atoms with Crippen LogP contribution >= 0.6 is 85.3 Å². The minimum atomic E-state index is -4.64. The van der Waals surface area contributed by atoms with Crippen molar-refractivity contribution >= 4 is 85.3 Å². The zero-order chi connectivity index (χ0) is 23.7. The Morgan fingerprint density at radius 3 is 1.07 bits per heavy atom. The average molecular weight is 585 g/mol. The van der Waals surface area contributed by atoms with Gasteiger partial charge in [-0.05, 0) is 36.7 Å². The molecule has 6 N–H and O–H groups in total. The minimum Gasteiger partial charge on any atom is -0.303 e. The van der Waals surface area contributed by atoms with Crippen LogP contribution in [0.2, 0.25) is 0 Å². The summed E-state index contributed by atoms with van der Waals surface area (Å²) in [6.07, 6.45) is 3.20. The van der Waals surface area contributed by atoms with Crippen molar-refractivity contribution < 1.29 is 38.5 Å². The third-order valence-corrected chi connectivity index (χ3v) is 4.85. The molecule has 0 bridgehead atoms. The van der Waals surface area contributed by atoms with Crippen LogP contribution in [0.1, 0.15) is 25.7 Å². The van der Waals surface area contributed by atoms with E-state index in [1.807, 2.05) is 0 Å². The van der Waals surface area contributed by atoms with Crippen molar-refractivity contribution in [1.29, 1.82) is 0 Å². The van der Waals surface area contributed by atoms with Crippen molar-refractivity contribution in [1.82, 2.24) is 0 Å². The van der Waals surface area contributed by atoms with Gasteiger partial charge in [-0.25, -0.2) is 9.13 Å². The average Bonchev–Trinajstić information content (AvgIpc) is 2.52. The van der Waals surface area contributed by atoms with Crippen molar-refractivity contribution in [2.45, 2.75) is 25.7 Å². The Morgan fingerprint density at radius 2 is 0.897 bits per heavy atom. The number of alkyl halides is 6. The van der Waals surface area contributed by atoms with Crippen LogP contribution in [0, 0.1) is 5.41 Å². The molecule has 0 heterocycles. The molecular formula is C13H26Cl6O8P2. The van der Waals surface area contributed by atoms with Gasteiger partial charge in [-0.3, -0.25) is 0 Å². The van der Waals surface area contributed by atoms with Gasteiger partial charge in [0.25, 0.3) is 0 Å². The molecule has 8 nitrogen and oxygen atoms in total. The van der Waals surface area contributed by atoms with Gasteiger partial charge in [-0.2, -0.15) is 0 Å². The lowest BCUT2D eigenvalue weighted by Crippen LogP contribution is -2.28. The van der Waals surface area contributed by atoms with E-state index in [4.69, 9.17) is 108 Å². The molecule has 16 heteroatoms. The van der Waals surface area contributed by atoms with Crippen LogP contribution in [0.4, 0.5) is 0 Å². The maximum absolute atomic E-state index is 8.88. The van der Waals surface area contributed by atoms with Crippen LogP contribution in [-0.2, 0) is 9.13 Å². The van der Waals surface area contributed by atoms with Crippen LogP contribution in [-0.4, -0.2) is 64.6 Å². The summed E-state index contributed by atoms with van der Waals surface area (Å²) < 4.78 is 17.8. The Labute approximate surface area is 200 Å². The largest absolute Gasteiger partial charge is 0.466 e. The predicted molar refractivity (Wildman–Crippen MR) is 121 cm³/mol. The Balaban J connectivity index is -0.000000555. The highest BCUT2D eigenvalue weighted by atomic mass is 35.5. The van der Waals surface area contributed by atoms with Crippen LogP contribution in [0.15, 0.2) is 11.1 Å². The summed E-state index contributed by atoms with van der Waals surface area (Å²) in [5, 5.41) is 0. The van der Waals surface area contributed by atoms with Crippen molar-refractivity contribution in [3.63, 3.8) is 0 Å². The number of allylic oxidation sites excluding steroid dienone is 2. The molecule has 0 aliphatic rings. The molecule has 0 unspecified atom stereocenters. The first-order valence-electron chi connectivity index (χ1n) is 7.79. The Bertz CT molecular complexity index is 480. The van der Waals surface area contributed by atoms with Gasteiger partial charge in [0, 0.05) is 35.3 Å². The highest BCUT2D eigenvalue weighted by molar-refractivity contribution is 7.45. The standard InChI is InChI=1S/C13H20Cl6.2H3O4P/c14-5-1-12(11(9-18)10-19)13(2-6-15,3-7-16)4-8-17;2*1-5(2,3)4/h1-10H2;2*(H3,1,2,3,4). The number of phosphoric acid groups is 2.